The summed E-state index contributed by atoms with van der Waals surface area (Å²) in [6, 6.07) is 0. The van der Waals surface area contributed by atoms with Crippen LogP contribution in [0, 0.1) is 0 Å². The van der Waals surface area contributed by atoms with Crippen molar-refractivity contribution in [1.29, 1.82) is 0 Å². The molecule has 0 unspecified atom stereocenters. The van der Waals surface area contributed by atoms with Gasteiger partial charge in [-0.05, 0) is 19.3 Å². The molecule has 0 aliphatic carbocycles. The molecule has 0 aliphatic heterocycles. The highest BCUT2D eigenvalue weighted by molar-refractivity contribution is 5.87. The third-order valence-corrected chi connectivity index (χ3v) is 4.35. The van der Waals surface area contributed by atoms with Crippen LogP contribution in [0.25, 0.3) is 0 Å². The van der Waals surface area contributed by atoms with Crippen molar-refractivity contribution in [2.75, 3.05) is 6.61 Å². The Hall–Kier alpha value is -0.790. The van der Waals surface area contributed by atoms with Crippen molar-refractivity contribution in [1.82, 2.24) is 0 Å². The van der Waals surface area contributed by atoms with Crippen LogP contribution in [0.1, 0.15) is 110 Å². The molecule has 0 heterocycles. The molecule has 0 aromatic heterocycles. The van der Waals surface area contributed by atoms with Gasteiger partial charge in [0.15, 0.2) is 0 Å². The van der Waals surface area contributed by atoms with Crippen LogP contribution in [0.4, 0.5) is 0 Å². The van der Waals surface area contributed by atoms with Crippen molar-refractivity contribution in [3.8, 4) is 0 Å². The second-order valence-electron chi connectivity index (χ2n) is 6.73. The number of carbonyl (C=O) groups excluding carboxylic acids is 1. The average Bonchev–Trinajstić information content (AvgIpc) is 2.56. The number of rotatable bonds is 17. The van der Waals surface area contributed by atoms with E-state index >= 15 is 0 Å². The molecular formula is C21H40O2. The standard InChI is InChI=1S/C21H40O2/c1-4-6-8-9-10-11-12-13-14-15-16-17-19-23-21(22)20(3)18-7-5-2/h3-19H2,1-2H3. The largest absolute Gasteiger partial charge is 0.462 e. The van der Waals surface area contributed by atoms with Crippen LogP contribution in [0.2, 0.25) is 0 Å². The SMILES string of the molecule is C=C(CCCC)C(=O)OCCCCCCCCCCCCCC. The van der Waals surface area contributed by atoms with Gasteiger partial charge in [0.1, 0.15) is 0 Å². The fraction of sp³-hybridized carbons (Fsp3) is 0.857. The van der Waals surface area contributed by atoms with Crippen LogP contribution < -0.4 is 0 Å². The summed E-state index contributed by atoms with van der Waals surface area (Å²) in [5.74, 6) is -0.193. The highest BCUT2D eigenvalue weighted by atomic mass is 16.5. The first-order chi connectivity index (χ1) is 11.2. The Labute approximate surface area is 145 Å². The molecule has 0 N–H and O–H groups in total. The molecular weight excluding hydrogens is 284 g/mol. The van der Waals surface area contributed by atoms with E-state index in [1.54, 1.807) is 0 Å². The fourth-order valence-corrected chi connectivity index (χ4v) is 2.70. The summed E-state index contributed by atoms with van der Waals surface area (Å²) in [5.41, 5.74) is 0.630. The van der Waals surface area contributed by atoms with E-state index in [0.717, 1.165) is 25.7 Å². The van der Waals surface area contributed by atoms with Crippen molar-refractivity contribution in [3.05, 3.63) is 12.2 Å². The van der Waals surface area contributed by atoms with Gasteiger partial charge in [-0.1, -0.05) is 97.5 Å². The number of ether oxygens (including phenoxy) is 1. The van der Waals surface area contributed by atoms with Crippen molar-refractivity contribution in [2.45, 2.75) is 110 Å². The molecule has 0 aromatic carbocycles. The van der Waals surface area contributed by atoms with E-state index in [1.807, 2.05) is 0 Å². The van der Waals surface area contributed by atoms with E-state index in [2.05, 4.69) is 20.4 Å². The lowest BCUT2D eigenvalue weighted by molar-refractivity contribution is -0.139. The highest BCUT2D eigenvalue weighted by Gasteiger charge is 2.07. The van der Waals surface area contributed by atoms with Crippen molar-refractivity contribution >= 4 is 5.97 Å². The minimum Gasteiger partial charge on any atom is -0.462 e. The molecule has 0 aliphatic rings. The molecule has 23 heavy (non-hydrogen) atoms. The van der Waals surface area contributed by atoms with Crippen LogP contribution >= 0.6 is 0 Å². The summed E-state index contributed by atoms with van der Waals surface area (Å²) in [7, 11) is 0. The van der Waals surface area contributed by atoms with Gasteiger partial charge in [-0.3, -0.25) is 0 Å². The maximum absolute atomic E-state index is 11.6. The molecule has 0 fully saturated rings. The second kappa shape index (κ2) is 17.6. The summed E-state index contributed by atoms with van der Waals surface area (Å²) in [6.07, 6.45) is 18.8. The van der Waals surface area contributed by atoms with Gasteiger partial charge in [-0.25, -0.2) is 4.79 Å². The van der Waals surface area contributed by atoms with E-state index in [9.17, 15) is 4.79 Å². The molecule has 0 saturated heterocycles. The molecule has 2 nitrogen and oxygen atoms in total. The van der Waals surface area contributed by atoms with Crippen LogP contribution in [-0.4, -0.2) is 12.6 Å². The Morgan fingerprint density at radius 1 is 0.696 bits per heavy atom. The van der Waals surface area contributed by atoms with Gasteiger partial charge in [0, 0.05) is 5.57 Å². The number of hydrogen-bond acceptors (Lipinski definition) is 2. The predicted octanol–water partition coefficient (Wildman–Crippen LogP) is 6.98. The van der Waals surface area contributed by atoms with Gasteiger partial charge in [-0.2, -0.15) is 0 Å². The second-order valence-corrected chi connectivity index (χ2v) is 6.73. The molecule has 136 valence electrons. The maximum Gasteiger partial charge on any atom is 0.333 e. The Morgan fingerprint density at radius 2 is 1.13 bits per heavy atom. The lowest BCUT2D eigenvalue weighted by Gasteiger charge is -2.06. The summed E-state index contributed by atoms with van der Waals surface area (Å²) < 4.78 is 5.25. The molecule has 0 amide bonds. The molecule has 2 heteroatoms. The zero-order chi connectivity index (χ0) is 17.2. The van der Waals surface area contributed by atoms with E-state index < -0.39 is 0 Å². The summed E-state index contributed by atoms with van der Waals surface area (Å²) >= 11 is 0. The van der Waals surface area contributed by atoms with E-state index in [-0.39, 0.29) is 5.97 Å². The Kier molecular flexibility index (Phi) is 17.0. The van der Waals surface area contributed by atoms with E-state index in [1.165, 1.54) is 70.6 Å². The lowest BCUT2D eigenvalue weighted by atomic mass is 10.1. The maximum atomic E-state index is 11.6. The monoisotopic (exact) mass is 324 g/mol. The molecule has 0 spiro atoms. The first kappa shape index (κ1) is 22.2. The predicted molar refractivity (Wildman–Crippen MR) is 101 cm³/mol. The van der Waals surface area contributed by atoms with Crippen LogP contribution in [0.3, 0.4) is 0 Å². The summed E-state index contributed by atoms with van der Waals surface area (Å²) in [5, 5.41) is 0. The van der Waals surface area contributed by atoms with Gasteiger partial charge in [-0.15, -0.1) is 0 Å². The number of carbonyl (C=O) groups is 1. The first-order valence-corrected chi connectivity index (χ1v) is 10.1. The Bertz CT molecular complexity index is 284. The van der Waals surface area contributed by atoms with Gasteiger partial charge in [0.25, 0.3) is 0 Å². The highest BCUT2D eigenvalue weighted by Crippen LogP contribution is 2.12. The lowest BCUT2D eigenvalue weighted by Crippen LogP contribution is -2.08. The molecule has 0 radical (unpaired) electrons. The molecule has 0 aromatic rings. The first-order valence-electron chi connectivity index (χ1n) is 10.1. The van der Waals surface area contributed by atoms with Crippen LogP contribution in [0.5, 0.6) is 0 Å². The van der Waals surface area contributed by atoms with Crippen molar-refractivity contribution in [2.24, 2.45) is 0 Å². The normalized spacial score (nSPS) is 10.7. The number of hydrogen-bond donors (Lipinski definition) is 0. The van der Waals surface area contributed by atoms with Gasteiger partial charge in [0.05, 0.1) is 6.61 Å². The van der Waals surface area contributed by atoms with Crippen molar-refractivity contribution < 1.29 is 9.53 Å². The van der Waals surface area contributed by atoms with Gasteiger partial charge in [0.2, 0.25) is 0 Å². The van der Waals surface area contributed by atoms with Crippen LogP contribution in [0.15, 0.2) is 12.2 Å². The molecule has 0 atom stereocenters. The average molecular weight is 325 g/mol. The zero-order valence-electron chi connectivity index (χ0n) is 15.8. The summed E-state index contributed by atoms with van der Waals surface area (Å²) in [6.45, 7) is 8.74. The molecule has 0 bridgehead atoms. The third-order valence-electron chi connectivity index (χ3n) is 4.35. The smallest absolute Gasteiger partial charge is 0.333 e. The quantitative estimate of drug-likeness (QED) is 0.164. The minimum absolute atomic E-state index is 0.193. The number of unbranched alkanes of at least 4 members (excludes halogenated alkanes) is 12. The van der Waals surface area contributed by atoms with E-state index in [0.29, 0.717) is 12.2 Å². The van der Waals surface area contributed by atoms with Crippen molar-refractivity contribution in [3.63, 3.8) is 0 Å². The Balaban J connectivity index is 3.21. The Morgan fingerprint density at radius 3 is 1.61 bits per heavy atom. The van der Waals surface area contributed by atoms with Crippen LogP contribution in [-0.2, 0) is 9.53 Å². The minimum atomic E-state index is -0.193. The number of esters is 1. The summed E-state index contributed by atoms with van der Waals surface area (Å²) in [4.78, 5) is 11.6. The topological polar surface area (TPSA) is 26.3 Å². The zero-order valence-corrected chi connectivity index (χ0v) is 15.8. The van der Waals surface area contributed by atoms with Gasteiger partial charge >= 0.3 is 5.97 Å². The molecule has 0 rings (SSSR count). The van der Waals surface area contributed by atoms with Gasteiger partial charge < -0.3 is 4.74 Å². The fourth-order valence-electron chi connectivity index (χ4n) is 2.70. The molecule has 0 saturated carbocycles. The third kappa shape index (κ3) is 15.9. The van der Waals surface area contributed by atoms with E-state index in [4.69, 9.17) is 4.74 Å².